The molecule has 0 bridgehead atoms. The Bertz CT molecular complexity index is 684. The number of hydrogen-bond acceptors (Lipinski definition) is 4. The second kappa shape index (κ2) is 6.39. The molecule has 1 heterocycles. The van der Waals surface area contributed by atoms with Crippen LogP contribution in [-0.4, -0.2) is 26.2 Å². The molecule has 0 saturated heterocycles. The van der Waals surface area contributed by atoms with Crippen LogP contribution in [0.2, 0.25) is 0 Å². The highest BCUT2D eigenvalue weighted by molar-refractivity contribution is 5.97. The maximum atomic E-state index is 12.4. The lowest BCUT2D eigenvalue weighted by molar-refractivity contribution is 0.0939. The Morgan fingerprint density at radius 2 is 1.95 bits per heavy atom. The summed E-state index contributed by atoms with van der Waals surface area (Å²) >= 11 is 0. The molecule has 5 heteroatoms. The summed E-state index contributed by atoms with van der Waals surface area (Å²) in [5, 5.41) is 2.89. The summed E-state index contributed by atoms with van der Waals surface area (Å²) in [6, 6.07) is 12.9. The zero-order chi connectivity index (χ0) is 15.4. The summed E-state index contributed by atoms with van der Waals surface area (Å²) in [5.41, 5.74) is 1.40. The van der Waals surface area contributed by atoms with E-state index in [1.54, 1.807) is 25.3 Å². The minimum absolute atomic E-state index is 0.201. The zero-order valence-corrected chi connectivity index (χ0v) is 12.3. The third-order valence-corrected chi connectivity index (χ3v) is 3.44. The van der Waals surface area contributed by atoms with Gasteiger partial charge in [-0.25, -0.2) is 0 Å². The summed E-state index contributed by atoms with van der Waals surface area (Å²) in [5.74, 6) is 1.66. The van der Waals surface area contributed by atoms with Crippen molar-refractivity contribution < 1.29 is 19.0 Å². The van der Waals surface area contributed by atoms with Gasteiger partial charge in [-0.3, -0.25) is 4.79 Å². The second-order valence-corrected chi connectivity index (χ2v) is 4.82. The summed E-state index contributed by atoms with van der Waals surface area (Å²) in [4.78, 5) is 12.4. The zero-order valence-electron chi connectivity index (χ0n) is 12.3. The Labute approximate surface area is 128 Å². The van der Waals surface area contributed by atoms with Crippen LogP contribution in [0.4, 0.5) is 0 Å². The minimum Gasteiger partial charge on any atom is -0.496 e. The van der Waals surface area contributed by atoms with Gasteiger partial charge in [0.25, 0.3) is 5.91 Å². The molecule has 0 radical (unpaired) electrons. The van der Waals surface area contributed by atoms with E-state index >= 15 is 0 Å². The Kier molecular flexibility index (Phi) is 4.14. The molecule has 1 aliphatic heterocycles. The van der Waals surface area contributed by atoms with Crippen LogP contribution in [0.25, 0.3) is 0 Å². The van der Waals surface area contributed by atoms with E-state index in [1.165, 1.54) is 0 Å². The van der Waals surface area contributed by atoms with E-state index in [-0.39, 0.29) is 5.91 Å². The predicted molar refractivity (Wildman–Crippen MR) is 81.6 cm³/mol. The van der Waals surface area contributed by atoms with Gasteiger partial charge in [0.1, 0.15) is 19.0 Å². The van der Waals surface area contributed by atoms with Gasteiger partial charge in [-0.05, 0) is 18.2 Å². The van der Waals surface area contributed by atoms with Gasteiger partial charge in [-0.1, -0.05) is 24.3 Å². The number of carbonyl (C=O) groups excluding carboxylic acids is 1. The molecule has 0 aliphatic carbocycles. The van der Waals surface area contributed by atoms with Gasteiger partial charge in [0.2, 0.25) is 0 Å². The van der Waals surface area contributed by atoms with Crippen LogP contribution in [0.3, 0.4) is 0 Å². The number of para-hydroxylation sites is 2. The summed E-state index contributed by atoms with van der Waals surface area (Å²) in [6.45, 7) is 1.33. The van der Waals surface area contributed by atoms with Gasteiger partial charge >= 0.3 is 0 Å². The highest BCUT2D eigenvalue weighted by Crippen LogP contribution is 2.33. The fourth-order valence-electron chi connectivity index (χ4n) is 2.37. The Morgan fingerprint density at radius 1 is 1.14 bits per heavy atom. The molecule has 0 saturated carbocycles. The van der Waals surface area contributed by atoms with E-state index in [4.69, 9.17) is 14.2 Å². The third kappa shape index (κ3) is 2.83. The van der Waals surface area contributed by atoms with Gasteiger partial charge < -0.3 is 19.5 Å². The molecule has 0 aromatic heterocycles. The molecule has 1 N–H and O–H groups in total. The molecule has 0 unspecified atom stereocenters. The lowest BCUT2D eigenvalue weighted by Gasteiger charge is -2.20. The molecule has 1 aliphatic rings. The number of carbonyl (C=O) groups is 1. The van der Waals surface area contributed by atoms with Crippen LogP contribution in [0.5, 0.6) is 17.2 Å². The largest absolute Gasteiger partial charge is 0.496 e. The molecule has 5 nitrogen and oxygen atoms in total. The first-order valence-corrected chi connectivity index (χ1v) is 7.08. The molecule has 2 aromatic rings. The molecular weight excluding hydrogens is 282 g/mol. The number of benzene rings is 2. The van der Waals surface area contributed by atoms with Crippen LogP contribution in [0.15, 0.2) is 42.5 Å². The fourth-order valence-corrected chi connectivity index (χ4v) is 2.37. The Morgan fingerprint density at radius 3 is 2.82 bits per heavy atom. The predicted octanol–water partition coefficient (Wildman–Crippen LogP) is 2.40. The van der Waals surface area contributed by atoms with Crippen molar-refractivity contribution in [2.24, 2.45) is 0 Å². The number of rotatable bonds is 4. The molecule has 0 fully saturated rings. The maximum absolute atomic E-state index is 12.4. The van der Waals surface area contributed by atoms with E-state index < -0.39 is 0 Å². The SMILES string of the molecule is COc1ccccc1CNC(=O)c1cccc2c1OCCO2. The number of methoxy groups -OCH3 is 1. The number of nitrogens with one attached hydrogen (secondary N) is 1. The smallest absolute Gasteiger partial charge is 0.255 e. The van der Waals surface area contributed by atoms with Crippen LogP contribution < -0.4 is 19.5 Å². The normalized spacial score (nSPS) is 12.6. The molecule has 3 rings (SSSR count). The number of hydrogen-bond donors (Lipinski definition) is 1. The second-order valence-electron chi connectivity index (χ2n) is 4.82. The number of fused-ring (bicyclic) bond motifs is 1. The van der Waals surface area contributed by atoms with Crippen molar-refractivity contribution >= 4 is 5.91 Å². The quantitative estimate of drug-likeness (QED) is 0.942. The summed E-state index contributed by atoms with van der Waals surface area (Å²) < 4.78 is 16.3. The average Bonchev–Trinajstić information content (AvgIpc) is 2.59. The van der Waals surface area contributed by atoms with Crippen molar-refractivity contribution in [1.82, 2.24) is 5.32 Å². The molecule has 0 atom stereocenters. The van der Waals surface area contributed by atoms with Crippen LogP contribution in [0, 0.1) is 0 Å². The molecule has 0 spiro atoms. The van der Waals surface area contributed by atoms with Gasteiger partial charge in [-0.2, -0.15) is 0 Å². The molecular formula is C17H17NO4. The fraction of sp³-hybridized carbons (Fsp3) is 0.235. The standard InChI is InChI=1S/C17H17NO4/c1-20-14-7-3-2-5-12(14)11-18-17(19)13-6-4-8-15-16(13)22-10-9-21-15/h2-8H,9-11H2,1H3,(H,18,19). The topological polar surface area (TPSA) is 56.8 Å². The van der Waals surface area contributed by atoms with Gasteiger partial charge in [0, 0.05) is 12.1 Å². The average molecular weight is 299 g/mol. The first-order valence-electron chi connectivity index (χ1n) is 7.08. The van der Waals surface area contributed by atoms with Gasteiger partial charge in [0.05, 0.1) is 12.7 Å². The van der Waals surface area contributed by atoms with Crippen molar-refractivity contribution in [2.45, 2.75) is 6.54 Å². The van der Waals surface area contributed by atoms with Crippen molar-refractivity contribution in [3.8, 4) is 17.2 Å². The van der Waals surface area contributed by atoms with Gasteiger partial charge in [0.15, 0.2) is 11.5 Å². The summed E-state index contributed by atoms with van der Waals surface area (Å²) in [6.07, 6.45) is 0. The van der Waals surface area contributed by atoms with Crippen molar-refractivity contribution in [2.75, 3.05) is 20.3 Å². The van der Waals surface area contributed by atoms with Gasteiger partial charge in [-0.15, -0.1) is 0 Å². The summed E-state index contributed by atoms with van der Waals surface area (Å²) in [7, 11) is 1.61. The number of ether oxygens (including phenoxy) is 3. The van der Waals surface area contributed by atoms with Crippen LogP contribution in [0.1, 0.15) is 15.9 Å². The highest BCUT2D eigenvalue weighted by Gasteiger charge is 2.20. The van der Waals surface area contributed by atoms with E-state index in [0.29, 0.717) is 36.8 Å². The third-order valence-electron chi connectivity index (χ3n) is 3.44. The van der Waals surface area contributed by atoms with E-state index in [0.717, 1.165) is 11.3 Å². The molecule has 2 aromatic carbocycles. The maximum Gasteiger partial charge on any atom is 0.255 e. The molecule has 22 heavy (non-hydrogen) atoms. The van der Waals surface area contributed by atoms with E-state index in [2.05, 4.69) is 5.32 Å². The van der Waals surface area contributed by atoms with E-state index in [1.807, 2.05) is 24.3 Å². The first kappa shape index (κ1) is 14.3. The Balaban J connectivity index is 1.75. The molecule has 114 valence electrons. The highest BCUT2D eigenvalue weighted by atomic mass is 16.6. The van der Waals surface area contributed by atoms with Crippen molar-refractivity contribution in [3.63, 3.8) is 0 Å². The minimum atomic E-state index is -0.201. The van der Waals surface area contributed by atoms with Crippen molar-refractivity contribution in [3.05, 3.63) is 53.6 Å². The monoisotopic (exact) mass is 299 g/mol. The first-order chi connectivity index (χ1) is 10.8. The Hall–Kier alpha value is -2.69. The van der Waals surface area contributed by atoms with Crippen LogP contribution >= 0.6 is 0 Å². The number of amides is 1. The lowest BCUT2D eigenvalue weighted by atomic mass is 10.1. The van der Waals surface area contributed by atoms with Crippen LogP contribution in [-0.2, 0) is 6.54 Å². The lowest BCUT2D eigenvalue weighted by Crippen LogP contribution is -2.25. The molecule has 1 amide bonds. The van der Waals surface area contributed by atoms with Crippen molar-refractivity contribution in [1.29, 1.82) is 0 Å². The van der Waals surface area contributed by atoms with E-state index in [9.17, 15) is 4.79 Å².